The zero-order valence-electron chi connectivity index (χ0n) is 15.2. The van der Waals surface area contributed by atoms with E-state index in [1.807, 2.05) is 12.1 Å². The fourth-order valence-electron chi connectivity index (χ4n) is 2.70. The van der Waals surface area contributed by atoms with E-state index in [0.29, 0.717) is 11.4 Å². The number of methoxy groups -OCH3 is 1. The molecule has 26 heavy (non-hydrogen) atoms. The molecule has 0 spiro atoms. The maximum atomic E-state index is 12.7. The average molecular weight is 361 g/mol. The molecule has 2 rings (SSSR count). The number of carbonyl (C=O) groups excluding carboxylic acids is 2. The Morgan fingerprint density at radius 2 is 1.92 bits per heavy atom. The summed E-state index contributed by atoms with van der Waals surface area (Å²) in [5.41, 5.74) is 1.25. The van der Waals surface area contributed by atoms with Gasteiger partial charge in [0.15, 0.2) is 0 Å². The minimum atomic E-state index is -1.14. The molecule has 0 aliphatic rings. The number of nitrogens with one attached hydrogen (secondary N) is 2. The number of rotatable bonds is 7. The number of carbonyl (C=O) groups is 3. The number of carboxylic acids is 1. The van der Waals surface area contributed by atoms with Crippen molar-refractivity contribution in [1.82, 2.24) is 15.2 Å². The smallest absolute Gasteiger partial charge is 0.322 e. The van der Waals surface area contributed by atoms with Gasteiger partial charge >= 0.3 is 5.97 Å². The third-order valence-corrected chi connectivity index (χ3v) is 4.13. The summed E-state index contributed by atoms with van der Waals surface area (Å²) in [6.07, 6.45) is 0. The van der Waals surface area contributed by atoms with Gasteiger partial charge in [0.05, 0.1) is 7.11 Å². The van der Waals surface area contributed by atoms with Gasteiger partial charge < -0.3 is 25.0 Å². The molecule has 0 fully saturated rings. The summed E-state index contributed by atoms with van der Waals surface area (Å²) in [7, 11) is 3.33. The molecule has 8 heteroatoms. The molecule has 1 heterocycles. The molecule has 1 unspecified atom stereocenters. The highest BCUT2D eigenvalue weighted by atomic mass is 16.5. The van der Waals surface area contributed by atoms with Crippen LogP contribution in [0, 0.1) is 5.92 Å². The Morgan fingerprint density at radius 3 is 2.50 bits per heavy atom. The van der Waals surface area contributed by atoms with Crippen molar-refractivity contribution in [3.8, 4) is 5.75 Å². The Hall–Kier alpha value is -3.03. The number of aryl methyl sites for hydroxylation is 1. The number of aromatic nitrogens is 1. The van der Waals surface area contributed by atoms with Crippen molar-refractivity contribution in [2.75, 3.05) is 13.7 Å². The van der Waals surface area contributed by atoms with Gasteiger partial charge in [-0.3, -0.25) is 14.4 Å². The van der Waals surface area contributed by atoms with Crippen molar-refractivity contribution in [3.63, 3.8) is 0 Å². The second kappa shape index (κ2) is 7.90. The fourth-order valence-corrected chi connectivity index (χ4v) is 2.70. The van der Waals surface area contributed by atoms with Crippen molar-refractivity contribution < 1.29 is 24.2 Å². The Morgan fingerprint density at radius 1 is 1.23 bits per heavy atom. The van der Waals surface area contributed by atoms with Gasteiger partial charge in [0.2, 0.25) is 5.91 Å². The van der Waals surface area contributed by atoms with Gasteiger partial charge in [-0.2, -0.15) is 0 Å². The van der Waals surface area contributed by atoms with Crippen molar-refractivity contribution in [2.45, 2.75) is 19.9 Å². The summed E-state index contributed by atoms with van der Waals surface area (Å²) >= 11 is 0. The van der Waals surface area contributed by atoms with Crippen LogP contribution in [-0.2, 0) is 16.6 Å². The number of aliphatic carboxylic acids is 1. The molecule has 1 atom stereocenters. The van der Waals surface area contributed by atoms with Crippen molar-refractivity contribution in [1.29, 1.82) is 0 Å². The van der Waals surface area contributed by atoms with E-state index in [1.165, 1.54) is 0 Å². The number of nitrogens with zero attached hydrogens (tertiary/aromatic N) is 1. The molecule has 140 valence electrons. The average Bonchev–Trinajstić information content (AvgIpc) is 2.93. The minimum absolute atomic E-state index is 0.206. The van der Waals surface area contributed by atoms with Gasteiger partial charge in [-0.1, -0.05) is 13.8 Å². The van der Waals surface area contributed by atoms with Crippen LogP contribution in [0.15, 0.2) is 24.3 Å². The molecule has 1 aromatic heterocycles. The van der Waals surface area contributed by atoms with E-state index in [0.717, 1.165) is 10.9 Å². The lowest BCUT2D eigenvalue weighted by atomic mass is 10.0. The van der Waals surface area contributed by atoms with Crippen LogP contribution in [-0.4, -0.2) is 47.2 Å². The lowest BCUT2D eigenvalue weighted by Crippen LogP contribution is -2.50. The van der Waals surface area contributed by atoms with Crippen LogP contribution in [0.5, 0.6) is 5.75 Å². The van der Waals surface area contributed by atoms with E-state index in [-0.39, 0.29) is 5.92 Å². The number of hydrogen-bond donors (Lipinski definition) is 3. The molecule has 8 nitrogen and oxygen atoms in total. The van der Waals surface area contributed by atoms with Crippen LogP contribution >= 0.6 is 0 Å². The van der Waals surface area contributed by atoms with Crippen molar-refractivity contribution in [3.05, 3.63) is 30.0 Å². The summed E-state index contributed by atoms with van der Waals surface area (Å²) < 4.78 is 6.93. The van der Waals surface area contributed by atoms with E-state index in [1.54, 1.807) is 44.7 Å². The van der Waals surface area contributed by atoms with Gasteiger partial charge in [0.1, 0.15) is 24.0 Å². The van der Waals surface area contributed by atoms with E-state index in [9.17, 15) is 14.4 Å². The molecule has 0 saturated carbocycles. The number of benzene rings is 1. The van der Waals surface area contributed by atoms with Crippen molar-refractivity contribution >= 4 is 28.7 Å². The highest BCUT2D eigenvalue weighted by Crippen LogP contribution is 2.24. The molecule has 0 aliphatic carbocycles. The second-order valence-corrected chi connectivity index (χ2v) is 6.32. The molecule has 0 radical (unpaired) electrons. The Labute approximate surface area is 151 Å². The number of fused-ring (bicyclic) bond motifs is 1. The highest BCUT2D eigenvalue weighted by Gasteiger charge is 2.26. The first-order valence-electron chi connectivity index (χ1n) is 8.18. The first kappa shape index (κ1) is 19.3. The summed E-state index contributed by atoms with van der Waals surface area (Å²) in [4.78, 5) is 35.5. The Bertz CT molecular complexity index is 841. The molecule has 2 amide bonds. The fraction of sp³-hybridized carbons (Fsp3) is 0.389. The van der Waals surface area contributed by atoms with Gasteiger partial charge in [0, 0.05) is 18.0 Å². The van der Waals surface area contributed by atoms with E-state index < -0.39 is 30.4 Å². The normalized spacial score (nSPS) is 12.0. The molecular weight excluding hydrogens is 338 g/mol. The maximum absolute atomic E-state index is 12.7. The van der Waals surface area contributed by atoms with E-state index in [4.69, 9.17) is 9.84 Å². The summed E-state index contributed by atoms with van der Waals surface area (Å²) in [6, 6.07) is 6.37. The van der Waals surface area contributed by atoms with Gasteiger partial charge in [-0.05, 0) is 30.2 Å². The third kappa shape index (κ3) is 4.14. The third-order valence-electron chi connectivity index (χ3n) is 4.13. The SMILES string of the molecule is COc1ccc2c(c1)cc(C(=O)NC(C(=O)NCC(=O)O)C(C)C)n2C. The number of amides is 2. The molecule has 1 aromatic carbocycles. The van der Waals surface area contributed by atoms with Crippen LogP contribution in [0.25, 0.3) is 10.9 Å². The van der Waals surface area contributed by atoms with E-state index in [2.05, 4.69) is 10.6 Å². The number of ether oxygens (including phenoxy) is 1. The van der Waals surface area contributed by atoms with Crippen LogP contribution in [0.1, 0.15) is 24.3 Å². The predicted octanol–water partition coefficient (Wildman–Crippen LogP) is 1.14. The minimum Gasteiger partial charge on any atom is -0.497 e. The van der Waals surface area contributed by atoms with Crippen LogP contribution in [0.2, 0.25) is 0 Å². The standard InChI is InChI=1S/C18H23N3O5/c1-10(2)16(18(25)19-9-15(22)23)20-17(24)14-8-11-7-12(26-4)5-6-13(11)21(14)3/h5-8,10,16H,9H2,1-4H3,(H,19,25)(H,20,24)(H,22,23). The highest BCUT2D eigenvalue weighted by molar-refractivity contribution is 6.01. The Balaban J connectivity index is 2.23. The Kier molecular flexibility index (Phi) is 5.86. The summed E-state index contributed by atoms with van der Waals surface area (Å²) in [5, 5.41) is 14.5. The second-order valence-electron chi connectivity index (χ2n) is 6.32. The molecular formula is C18H23N3O5. The summed E-state index contributed by atoms with van der Waals surface area (Å²) in [5.74, 6) is -1.61. The first-order chi connectivity index (χ1) is 12.2. The van der Waals surface area contributed by atoms with E-state index >= 15 is 0 Å². The molecule has 0 saturated heterocycles. The maximum Gasteiger partial charge on any atom is 0.322 e. The van der Waals surface area contributed by atoms with Gasteiger partial charge in [0.25, 0.3) is 5.91 Å². The van der Waals surface area contributed by atoms with Crippen LogP contribution in [0.4, 0.5) is 0 Å². The largest absolute Gasteiger partial charge is 0.497 e. The lowest BCUT2D eigenvalue weighted by molar-refractivity contribution is -0.138. The molecule has 2 aromatic rings. The quantitative estimate of drug-likeness (QED) is 0.685. The zero-order chi connectivity index (χ0) is 19.4. The zero-order valence-corrected chi connectivity index (χ0v) is 15.2. The van der Waals surface area contributed by atoms with Crippen LogP contribution in [0.3, 0.4) is 0 Å². The number of carboxylic acid groups (broad SMARTS) is 1. The molecule has 0 aliphatic heterocycles. The first-order valence-corrected chi connectivity index (χ1v) is 8.18. The summed E-state index contributed by atoms with van der Waals surface area (Å²) in [6.45, 7) is 3.06. The van der Waals surface area contributed by atoms with Crippen molar-refractivity contribution in [2.24, 2.45) is 13.0 Å². The predicted molar refractivity (Wildman–Crippen MR) is 96.2 cm³/mol. The molecule has 0 bridgehead atoms. The monoisotopic (exact) mass is 361 g/mol. The topological polar surface area (TPSA) is 110 Å². The number of hydrogen-bond acceptors (Lipinski definition) is 4. The van der Waals surface area contributed by atoms with Crippen LogP contribution < -0.4 is 15.4 Å². The van der Waals surface area contributed by atoms with Gasteiger partial charge in [-0.15, -0.1) is 0 Å². The van der Waals surface area contributed by atoms with Gasteiger partial charge in [-0.25, -0.2) is 0 Å². The lowest BCUT2D eigenvalue weighted by Gasteiger charge is -2.21. The molecule has 3 N–H and O–H groups in total.